The van der Waals surface area contributed by atoms with Crippen LogP contribution in [0.5, 0.6) is 0 Å². The lowest BCUT2D eigenvalue weighted by Gasteiger charge is -2.08. The minimum atomic E-state index is -0.447. The number of thiazole rings is 1. The largest absolute Gasteiger partial charge is 0.344 e. The Labute approximate surface area is 165 Å². The van der Waals surface area contributed by atoms with E-state index in [0.717, 1.165) is 21.6 Å². The van der Waals surface area contributed by atoms with Gasteiger partial charge < -0.3 is 10.2 Å². The molecule has 2 aromatic heterocycles. The van der Waals surface area contributed by atoms with Crippen molar-refractivity contribution in [2.24, 2.45) is 0 Å². The quantitative estimate of drug-likeness (QED) is 0.710. The number of amides is 2. The molecule has 0 atom stereocenters. The number of nitrogens with zero attached hydrogens (tertiary/aromatic N) is 4. The van der Waals surface area contributed by atoms with Crippen LogP contribution in [0.2, 0.25) is 0 Å². The minimum Gasteiger partial charge on any atom is -0.344 e. The van der Waals surface area contributed by atoms with Crippen LogP contribution in [0.4, 0.5) is 5.13 Å². The van der Waals surface area contributed by atoms with Gasteiger partial charge in [-0.25, -0.2) is 9.67 Å². The van der Waals surface area contributed by atoms with Gasteiger partial charge in [-0.05, 0) is 13.0 Å². The number of hydrogen-bond donors (Lipinski definition) is 1. The van der Waals surface area contributed by atoms with Crippen molar-refractivity contribution in [2.75, 3.05) is 19.4 Å². The highest BCUT2D eigenvalue weighted by molar-refractivity contribution is 7.17. The second kappa shape index (κ2) is 8.13. The molecule has 0 fully saturated rings. The summed E-state index contributed by atoms with van der Waals surface area (Å²) in [5.41, 5.74) is 1.60. The van der Waals surface area contributed by atoms with Crippen molar-refractivity contribution >= 4 is 28.3 Å². The molecular formula is C19H19N5O3S. The summed E-state index contributed by atoms with van der Waals surface area (Å²) in [4.78, 5) is 42.7. The molecule has 0 saturated heterocycles. The average molecular weight is 397 g/mol. The summed E-state index contributed by atoms with van der Waals surface area (Å²) >= 11 is 1.10. The molecule has 1 aromatic carbocycles. The fourth-order valence-corrected chi connectivity index (χ4v) is 3.48. The monoisotopic (exact) mass is 397 g/mol. The van der Waals surface area contributed by atoms with Crippen LogP contribution in [0.25, 0.3) is 11.3 Å². The molecule has 0 bridgehead atoms. The first-order valence-corrected chi connectivity index (χ1v) is 9.29. The number of carbonyl (C=O) groups excluding carboxylic acids is 2. The van der Waals surface area contributed by atoms with Crippen LogP contribution >= 0.6 is 11.3 Å². The van der Waals surface area contributed by atoms with Crippen molar-refractivity contribution < 1.29 is 9.59 Å². The molecule has 28 heavy (non-hydrogen) atoms. The van der Waals surface area contributed by atoms with Gasteiger partial charge in [0.15, 0.2) is 5.13 Å². The molecule has 3 aromatic rings. The normalized spacial score (nSPS) is 10.5. The fourth-order valence-electron chi connectivity index (χ4n) is 2.47. The van der Waals surface area contributed by atoms with Gasteiger partial charge in [-0.3, -0.25) is 14.4 Å². The Bertz CT molecular complexity index is 1070. The van der Waals surface area contributed by atoms with E-state index < -0.39 is 5.91 Å². The van der Waals surface area contributed by atoms with E-state index in [1.807, 2.05) is 30.3 Å². The Balaban J connectivity index is 1.76. The van der Waals surface area contributed by atoms with Crippen molar-refractivity contribution in [1.29, 1.82) is 0 Å². The van der Waals surface area contributed by atoms with E-state index in [-0.39, 0.29) is 18.0 Å². The van der Waals surface area contributed by atoms with Crippen LogP contribution < -0.4 is 10.9 Å². The number of rotatable bonds is 5. The topological polar surface area (TPSA) is 97.2 Å². The molecule has 9 heteroatoms. The lowest BCUT2D eigenvalue weighted by atomic mass is 10.1. The number of nitrogens with one attached hydrogen (secondary N) is 1. The predicted molar refractivity (Wildman–Crippen MR) is 107 cm³/mol. The zero-order chi connectivity index (χ0) is 20.3. The van der Waals surface area contributed by atoms with E-state index >= 15 is 0 Å². The van der Waals surface area contributed by atoms with E-state index in [0.29, 0.717) is 21.4 Å². The Morgan fingerprint density at radius 3 is 2.54 bits per heavy atom. The second-order valence-corrected chi connectivity index (χ2v) is 7.26. The van der Waals surface area contributed by atoms with E-state index in [1.165, 1.54) is 11.0 Å². The smallest absolute Gasteiger partial charge is 0.267 e. The van der Waals surface area contributed by atoms with Gasteiger partial charge in [0.2, 0.25) is 5.91 Å². The molecule has 0 saturated carbocycles. The molecule has 144 valence electrons. The summed E-state index contributed by atoms with van der Waals surface area (Å²) in [7, 11) is 3.30. The molecule has 0 spiro atoms. The van der Waals surface area contributed by atoms with Crippen LogP contribution in [0.1, 0.15) is 15.4 Å². The van der Waals surface area contributed by atoms with Gasteiger partial charge in [0, 0.05) is 25.7 Å². The van der Waals surface area contributed by atoms with Crippen molar-refractivity contribution in [1.82, 2.24) is 19.7 Å². The molecule has 0 aliphatic rings. The van der Waals surface area contributed by atoms with Gasteiger partial charge in [0.1, 0.15) is 11.4 Å². The first kappa shape index (κ1) is 19.4. The van der Waals surface area contributed by atoms with Gasteiger partial charge in [-0.2, -0.15) is 5.10 Å². The van der Waals surface area contributed by atoms with Crippen molar-refractivity contribution in [2.45, 2.75) is 13.5 Å². The molecule has 0 radical (unpaired) electrons. The summed E-state index contributed by atoms with van der Waals surface area (Å²) in [6.45, 7) is 1.45. The van der Waals surface area contributed by atoms with Gasteiger partial charge in [0.25, 0.3) is 11.5 Å². The Kier molecular flexibility index (Phi) is 5.65. The van der Waals surface area contributed by atoms with Crippen molar-refractivity contribution in [3.8, 4) is 11.3 Å². The molecule has 0 unspecified atom stereocenters. The third-order valence-electron chi connectivity index (χ3n) is 3.87. The zero-order valence-electron chi connectivity index (χ0n) is 15.7. The lowest BCUT2D eigenvalue weighted by Crippen LogP contribution is -2.29. The summed E-state index contributed by atoms with van der Waals surface area (Å²) in [6.07, 6.45) is 0. The summed E-state index contributed by atoms with van der Waals surface area (Å²) in [5.74, 6) is -0.624. The van der Waals surface area contributed by atoms with Crippen LogP contribution in [-0.4, -0.2) is 45.6 Å². The number of hydrogen-bond acceptors (Lipinski definition) is 6. The molecule has 8 nitrogen and oxygen atoms in total. The maximum atomic E-state index is 12.4. The summed E-state index contributed by atoms with van der Waals surface area (Å²) < 4.78 is 1.10. The van der Waals surface area contributed by atoms with Crippen LogP contribution in [0.15, 0.2) is 47.3 Å². The number of aromatic nitrogens is 3. The third-order valence-corrected chi connectivity index (χ3v) is 4.93. The molecule has 0 aliphatic carbocycles. The van der Waals surface area contributed by atoms with Crippen molar-refractivity contribution in [3.63, 3.8) is 0 Å². The molecule has 3 rings (SSSR count). The molecule has 2 amide bonds. The Morgan fingerprint density at radius 2 is 1.86 bits per heavy atom. The highest BCUT2D eigenvalue weighted by Gasteiger charge is 2.18. The molecule has 2 heterocycles. The fraction of sp³-hybridized carbons (Fsp3) is 0.211. The standard InChI is InChI=1S/C19H19N5O3S/c1-12-17(18(27)23(2)3)28-19(20-12)21-15(25)11-24-16(26)10-9-14(22-24)13-7-5-4-6-8-13/h4-10H,11H2,1-3H3,(H,20,21,25). The van der Waals surface area contributed by atoms with Gasteiger partial charge in [-0.1, -0.05) is 41.7 Å². The first-order chi connectivity index (χ1) is 13.3. The molecule has 0 aliphatic heterocycles. The van der Waals surface area contributed by atoms with Crippen molar-refractivity contribution in [3.05, 3.63) is 63.4 Å². The highest BCUT2D eigenvalue weighted by atomic mass is 32.1. The zero-order valence-corrected chi connectivity index (χ0v) is 16.5. The Morgan fingerprint density at radius 1 is 1.14 bits per heavy atom. The van der Waals surface area contributed by atoms with Gasteiger partial charge in [-0.15, -0.1) is 0 Å². The lowest BCUT2D eigenvalue weighted by molar-refractivity contribution is -0.117. The summed E-state index contributed by atoms with van der Waals surface area (Å²) in [6, 6.07) is 12.4. The maximum absolute atomic E-state index is 12.4. The van der Waals surface area contributed by atoms with Gasteiger partial charge in [0.05, 0.1) is 11.4 Å². The van der Waals surface area contributed by atoms with E-state index in [9.17, 15) is 14.4 Å². The maximum Gasteiger partial charge on any atom is 0.267 e. The van der Waals surface area contributed by atoms with E-state index in [4.69, 9.17) is 0 Å². The predicted octanol–water partition coefficient (Wildman–Crippen LogP) is 2.02. The first-order valence-electron chi connectivity index (χ1n) is 8.47. The molecular weight excluding hydrogens is 378 g/mol. The number of aryl methyl sites for hydroxylation is 1. The molecule has 1 N–H and O–H groups in total. The second-order valence-electron chi connectivity index (χ2n) is 6.26. The minimum absolute atomic E-state index is 0.177. The van der Waals surface area contributed by atoms with E-state index in [1.54, 1.807) is 27.1 Å². The number of carbonyl (C=O) groups is 2. The van der Waals surface area contributed by atoms with Crippen LogP contribution in [0, 0.1) is 6.92 Å². The van der Waals surface area contributed by atoms with E-state index in [2.05, 4.69) is 15.4 Å². The SMILES string of the molecule is Cc1nc(NC(=O)Cn2nc(-c3ccccc3)ccc2=O)sc1C(=O)N(C)C. The highest BCUT2D eigenvalue weighted by Crippen LogP contribution is 2.23. The van der Waals surface area contributed by atoms with Gasteiger partial charge >= 0.3 is 0 Å². The summed E-state index contributed by atoms with van der Waals surface area (Å²) in [5, 5.41) is 7.20. The number of anilines is 1. The van der Waals surface area contributed by atoms with Crippen LogP contribution in [0.3, 0.4) is 0 Å². The Hall–Kier alpha value is -3.33. The number of benzene rings is 1. The average Bonchev–Trinajstić information content (AvgIpc) is 3.03. The van der Waals surface area contributed by atoms with Crippen LogP contribution in [-0.2, 0) is 11.3 Å². The third kappa shape index (κ3) is 4.32.